The molecule has 0 spiro atoms. The fourth-order valence-corrected chi connectivity index (χ4v) is 2.62. The highest BCUT2D eigenvalue weighted by atomic mass is 35.5. The van der Waals surface area contributed by atoms with Crippen LogP contribution in [0.1, 0.15) is 50.3 Å². The van der Waals surface area contributed by atoms with Gasteiger partial charge in [-0.3, -0.25) is 0 Å². The summed E-state index contributed by atoms with van der Waals surface area (Å²) < 4.78 is 0. The van der Waals surface area contributed by atoms with E-state index in [1.54, 1.807) is 11.1 Å². The topological polar surface area (TPSA) is 0 Å². The molecule has 17 heavy (non-hydrogen) atoms. The molecule has 1 unspecified atom stereocenters. The van der Waals surface area contributed by atoms with Crippen LogP contribution < -0.4 is 0 Å². The normalized spacial score (nSPS) is 16.9. The summed E-state index contributed by atoms with van der Waals surface area (Å²) in [5, 5.41) is 0.260. The summed E-state index contributed by atoms with van der Waals surface area (Å²) >= 11 is 6.42. The van der Waals surface area contributed by atoms with Gasteiger partial charge in [-0.2, -0.15) is 0 Å². The van der Waals surface area contributed by atoms with E-state index in [9.17, 15) is 0 Å². The number of fused-ring (bicyclic) bond motifs is 1. The van der Waals surface area contributed by atoms with E-state index < -0.39 is 0 Å². The number of hydrogen-bond donors (Lipinski definition) is 0. The first-order chi connectivity index (χ1) is 7.97. The second-order valence-electron chi connectivity index (χ2n) is 6.33. The van der Waals surface area contributed by atoms with Crippen molar-refractivity contribution in [2.75, 3.05) is 0 Å². The first kappa shape index (κ1) is 13.0. The Kier molecular flexibility index (Phi) is 3.82. The average molecular weight is 251 g/mol. The fourth-order valence-electron chi connectivity index (χ4n) is 2.51. The minimum absolute atomic E-state index is 0.207. The molecule has 0 fully saturated rings. The van der Waals surface area contributed by atoms with Gasteiger partial charge in [-0.25, -0.2) is 0 Å². The van der Waals surface area contributed by atoms with Gasteiger partial charge >= 0.3 is 0 Å². The van der Waals surface area contributed by atoms with Gasteiger partial charge in [0.05, 0.1) is 0 Å². The molecule has 1 aliphatic rings. The van der Waals surface area contributed by atoms with Crippen molar-refractivity contribution in [2.45, 2.75) is 58.3 Å². The van der Waals surface area contributed by atoms with Gasteiger partial charge in [-0.1, -0.05) is 39.0 Å². The molecule has 0 amide bonds. The molecule has 1 aliphatic carbocycles. The van der Waals surface area contributed by atoms with Crippen molar-refractivity contribution >= 4 is 11.6 Å². The van der Waals surface area contributed by atoms with Gasteiger partial charge in [-0.15, -0.1) is 11.6 Å². The molecule has 1 aromatic carbocycles. The van der Waals surface area contributed by atoms with Crippen LogP contribution in [0.2, 0.25) is 0 Å². The summed E-state index contributed by atoms with van der Waals surface area (Å²) in [7, 11) is 0. The minimum Gasteiger partial charge on any atom is -0.122 e. The first-order valence-electron chi connectivity index (χ1n) is 6.71. The predicted octanol–water partition coefficient (Wildman–Crippen LogP) is 4.76. The molecule has 0 bridgehead atoms. The highest BCUT2D eigenvalue weighted by molar-refractivity contribution is 6.21. The first-order valence-corrected chi connectivity index (χ1v) is 7.15. The Hall–Kier alpha value is -0.490. The van der Waals surface area contributed by atoms with Gasteiger partial charge in [0.15, 0.2) is 0 Å². The van der Waals surface area contributed by atoms with Crippen molar-refractivity contribution in [1.82, 2.24) is 0 Å². The third kappa shape index (κ3) is 3.25. The maximum Gasteiger partial charge on any atom is 0.0387 e. The number of hydrogen-bond acceptors (Lipinski definition) is 0. The lowest BCUT2D eigenvalue weighted by molar-refractivity contribution is 0.374. The van der Waals surface area contributed by atoms with Crippen LogP contribution in [0.3, 0.4) is 0 Å². The van der Waals surface area contributed by atoms with E-state index in [-0.39, 0.29) is 10.8 Å². The van der Waals surface area contributed by atoms with E-state index in [2.05, 4.69) is 39.0 Å². The zero-order valence-electron chi connectivity index (χ0n) is 11.2. The van der Waals surface area contributed by atoms with E-state index in [4.69, 9.17) is 11.6 Å². The van der Waals surface area contributed by atoms with Crippen LogP contribution in [-0.2, 0) is 19.3 Å². The van der Waals surface area contributed by atoms with Crippen molar-refractivity contribution in [1.29, 1.82) is 0 Å². The lowest BCUT2D eigenvalue weighted by Crippen LogP contribution is -2.21. The largest absolute Gasteiger partial charge is 0.122 e. The number of halogens is 1. The van der Waals surface area contributed by atoms with Gasteiger partial charge in [-0.05, 0) is 54.2 Å². The third-order valence-corrected chi connectivity index (χ3v) is 4.66. The molecule has 94 valence electrons. The molecular weight excluding hydrogens is 228 g/mol. The Morgan fingerprint density at radius 3 is 2.59 bits per heavy atom. The molecule has 0 radical (unpaired) electrons. The fraction of sp³-hybridized carbons (Fsp3) is 0.625. The van der Waals surface area contributed by atoms with Crippen molar-refractivity contribution in [3.05, 3.63) is 34.9 Å². The molecule has 1 aromatic rings. The molecule has 0 aromatic heterocycles. The zero-order valence-corrected chi connectivity index (χ0v) is 12.0. The average Bonchev–Trinajstić information content (AvgIpc) is 2.71. The van der Waals surface area contributed by atoms with Crippen molar-refractivity contribution < 1.29 is 0 Å². The Morgan fingerprint density at radius 1 is 1.18 bits per heavy atom. The van der Waals surface area contributed by atoms with E-state index in [0.717, 1.165) is 12.8 Å². The number of benzene rings is 1. The summed E-state index contributed by atoms with van der Waals surface area (Å²) in [5.74, 6) is 0. The monoisotopic (exact) mass is 250 g/mol. The van der Waals surface area contributed by atoms with Crippen molar-refractivity contribution in [3.63, 3.8) is 0 Å². The maximum atomic E-state index is 6.42. The molecule has 0 saturated heterocycles. The standard InChI is InChI=1S/C16H23Cl/c1-16(2,3)15(17)10-8-12-7-9-13-5-4-6-14(13)11-12/h7,9,11,15H,4-6,8,10H2,1-3H3. The number of aryl methyl sites for hydroxylation is 3. The van der Waals surface area contributed by atoms with Gasteiger partial charge < -0.3 is 0 Å². The molecule has 1 atom stereocenters. The van der Waals surface area contributed by atoms with Crippen LogP contribution >= 0.6 is 11.6 Å². The SMILES string of the molecule is CC(C)(C)C(Cl)CCc1ccc2c(c1)CCC2. The molecule has 0 nitrogen and oxygen atoms in total. The van der Waals surface area contributed by atoms with E-state index in [1.807, 2.05) is 0 Å². The Balaban J connectivity index is 1.96. The lowest BCUT2D eigenvalue weighted by atomic mass is 9.88. The molecule has 0 N–H and O–H groups in total. The van der Waals surface area contributed by atoms with E-state index in [1.165, 1.54) is 24.8 Å². The molecule has 0 heterocycles. The quantitative estimate of drug-likeness (QED) is 0.679. The van der Waals surface area contributed by atoms with Crippen LogP contribution in [0, 0.1) is 5.41 Å². The second-order valence-corrected chi connectivity index (χ2v) is 6.86. The lowest BCUT2D eigenvalue weighted by Gasteiger charge is -2.25. The van der Waals surface area contributed by atoms with Gasteiger partial charge in [0.25, 0.3) is 0 Å². The highest BCUT2D eigenvalue weighted by Gasteiger charge is 2.21. The Morgan fingerprint density at radius 2 is 1.88 bits per heavy atom. The summed E-state index contributed by atoms with van der Waals surface area (Å²) in [6.07, 6.45) is 6.06. The molecule has 1 heteroatoms. The van der Waals surface area contributed by atoms with E-state index in [0.29, 0.717) is 0 Å². The van der Waals surface area contributed by atoms with Gasteiger partial charge in [0.1, 0.15) is 0 Å². The molecule has 0 aliphatic heterocycles. The predicted molar refractivity (Wildman–Crippen MR) is 75.9 cm³/mol. The van der Waals surface area contributed by atoms with Gasteiger partial charge in [0.2, 0.25) is 0 Å². The highest BCUT2D eigenvalue weighted by Crippen LogP contribution is 2.29. The van der Waals surface area contributed by atoms with Crippen molar-refractivity contribution in [3.8, 4) is 0 Å². The van der Waals surface area contributed by atoms with Crippen LogP contribution in [0.4, 0.5) is 0 Å². The molecular formula is C16H23Cl. The summed E-state index contributed by atoms with van der Waals surface area (Å²) in [5.41, 5.74) is 4.80. The zero-order chi connectivity index (χ0) is 12.5. The molecule has 0 saturated carbocycles. The molecule has 2 rings (SSSR count). The smallest absolute Gasteiger partial charge is 0.0387 e. The van der Waals surface area contributed by atoms with Crippen LogP contribution in [0.5, 0.6) is 0 Å². The summed E-state index contributed by atoms with van der Waals surface area (Å²) in [4.78, 5) is 0. The third-order valence-electron chi connectivity index (χ3n) is 3.79. The van der Waals surface area contributed by atoms with Gasteiger partial charge in [0, 0.05) is 5.38 Å². The van der Waals surface area contributed by atoms with Crippen LogP contribution in [0.25, 0.3) is 0 Å². The second kappa shape index (κ2) is 5.02. The van der Waals surface area contributed by atoms with Crippen LogP contribution in [-0.4, -0.2) is 5.38 Å². The van der Waals surface area contributed by atoms with Crippen LogP contribution in [0.15, 0.2) is 18.2 Å². The summed E-state index contributed by atoms with van der Waals surface area (Å²) in [6, 6.07) is 7.00. The van der Waals surface area contributed by atoms with Crippen molar-refractivity contribution in [2.24, 2.45) is 5.41 Å². The minimum atomic E-state index is 0.207. The number of rotatable bonds is 3. The number of alkyl halides is 1. The maximum absolute atomic E-state index is 6.42. The summed E-state index contributed by atoms with van der Waals surface area (Å²) in [6.45, 7) is 6.65. The Labute approximate surface area is 110 Å². The van der Waals surface area contributed by atoms with E-state index >= 15 is 0 Å². The Bertz CT molecular complexity index is 387.